The minimum atomic E-state index is -1.75. The predicted molar refractivity (Wildman–Crippen MR) is 359 cm³/mol. The molecule has 2 aromatic heterocycles. The van der Waals surface area contributed by atoms with Crippen LogP contribution in [0.3, 0.4) is 0 Å². The summed E-state index contributed by atoms with van der Waals surface area (Å²) < 4.78 is 1.10. The molecule has 3 aromatic carbocycles. The monoisotopic (exact) mass is 1410 g/mol. The number of para-hydroxylation sites is 1. The molecule has 101 heavy (non-hydrogen) atoms. The van der Waals surface area contributed by atoms with E-state index in [4.69, 9.17) is 5.73 Å². The number of nitrogens with one attached hydrogen (secondary N) is 8. The van der Waals surface area contributed by atoms with Crippen molar-refractivity contribution in [3.05, 3.63) is 114 Å². The van der Waals surface area contributed by atoms with E-state index in [0.29, 0.717) is 40.4 Å². The second-order valence-corrected chi connectivity index (χ2v) is 24.5. The Kier molecular flexibility index (Phi) is 31.0. The molecule has 0 unspecified atom stereocenters. The van der Waals surface area contributed by atoms with Gasteiger partial charge in [0.05, 0.1) is 51.4 Å². The minimum Gasteiger partial charge on any atom is -0.508 e. The zero-order chi connectivity index (χ0) is 73.7. The van der Waals surface area contributed by atoms with Gasteiger partial charge in [0, 0.05) is 95.1 Å². The molecule has 16 N–H and O–H groups in total. The van der Waals surface area contributed by atoms with Crippen LogP contribution in [-0.4, -0.2) is 263 Å². The third kappa shape index (κ3) is 27.0. The molecule has 0 spiro atoms. The summed E-state index contributed by atoms with van der Waals surface area (Å²) in [4.78, 5) is 180. The Morgan fingerprint density at radius 2 is 1.03 bits per heavy atom. The number of H-pyrrole nitrogens is 1. The molecule has 6 rings (SSSR count). The van der Waals surface area contributed by atoms with Crippen molar-refractivity contribution >= 4 is 88.0 Å². The molecule has 35 heteroatoms. The fourth-order valence-electron chi connectivity index (χ4n) is 11.1. The molecule has 1 saturated heterocycles. The van der Waals surface area contributed by atoms with Gasteiger partial charge in [0.25, 0.3) is 0 Å². The van der Waals surface area contributed by atoms with Crippen LogP contribution in [0.15, 0.2) is 91.3 Å². The number of aromatic amines is 1. The third-order valence-corrected chi connectivity index (χ3v) is 16.6. The Balaban J connectivity index is 1.16. The van der Waals surface area contributed by atoms with Crippen molar-refractivity contribution in [1.82, 2.24) is 76.8 Å². The van der Waals surface area contributed by atoms with Crippen LogP contribution < -0.4 is 43.0 Å². The van der Waals surface area contributed by atoms with Crippen molar-refractivity contribution in [2.75, 3.05) is 85.1 Å². The Morgan fingerprint density at radius 3 is 1.59 bits per heavy atom. The first-order valence-electron chi connectivity index (χ1n) is 32.8. The van der Waals surface area contributed by atoms with Crippen molar-refractivity contribution in [3.63, 3.8) is 0 Å². The number of carbonyl (C=O) groups excluding carboxylic acids is 8. The molecule has 0 radical (unpaired) electrons. The zero-order valence-electron chi connectivity index (χ0n) is 56.0. The van der Waals surface area contributed by atoms with Crippen molar-refractivity contribution in [3.8, 4) is 5.75 Å². The number of primary amides is 1. The Hall–Kier alpha value is -10.9. The fourth-order valence-corrected chi connectivity index (χ4v) is 11.1. The number of phenolic OH excluding ortho intramolecular Hbond substituents is 1. The smallest absolute Gasteiger partial charge is 0.317 e. The average molecular weight is 1410 g/mol. The van der Waals surface area contributed by atoms with Crippen LogP contribution in [0.4, 0.5) is 0 Å². The molecule has 546 valence electrons. The Morgan fingerprint density at radius 1 is 0.525 bits per heavy atom. The molecule has 35 nitrogen and oxygen atoms in total. The van der Waals surface area contributed by atoms with E-state index in [1.54, 1.807) is 80.4 Å². The summed E-state index contributed by atoms with van der Waals surface area (Å²) in [6.07, 6.45) is 1.71. The highest BCUT2D eigenvalue weighted by Gasteiger charge is 2.34. The van der Waals surface area contributed by atoms with E-state index < -0.39 is 152 Å². The minimum absolute atomic E-state index is 0.0184. The maximum absolute atomic E-state index is 14.6. The molecule has 5 aromatic rings. The molecule has 8 amide bonds. The van der Waals surface area contributed by atoms with Crippen LogP contribution in [0.25, 0.3) is 10.9 Å². The number of fused-ring (bicyclic) bond motifs is 1. The fraction of sp³-hybridized carbons (Fsp3) is 0.470. The molecular weight excluding hydrogens is 1320 g/mol. The first kappa shape index (κ1) is 79.1. The number of nitrogens with two attached hydrogens (primary N) is 1. The number of hydrogen-bond acceptors (Lipinski definition) is 20. The van der Waals surface area contributed by atoms with E-state index in [2.05, 4.69) is 52.5 Å². The van der Waals surface area contributed by atoms with E-state index in [1.165, 1.54) is 37.4 Å². The lowest BCUT2D eigenvalue weighted by Gasteiger charge is -2.33. The van der Waals surface area contributed by atoms with E-state index in [1.807, 2.05) is 6.92 Å². The largest absolute Gasteiger partial charge is 0.508 e. The number of hydrogen-bond donors (Lipinski definition) is 15. The van der Waals surface area contributed by atoms with Crippen LogP contribution in [0.2, 0.25) is 0 Å². The number of amides is 8. The van der Waals surface area contributed by atoms with Crippen LogP contribution >= 0.6 is 0 Å². The maximum Gasteiger partial charge on any atom is 0.317 e. The van der Waals surface area contributed by atoms with E-state index >= 15 is 0 Å². The standard InChI is InChI=1S/C66H88N16O19/c1-3-4-13-48(64(99)75-52(32-57(88)89)66(101)73-49(61(67)96)29-41-10-6-5-7-11-41)72-65(100)51(31-43-33-68-46-14-9-8-12-45(43)46)71-54(84)34-69-63(98)50(30-42-15-17-44(83)18-16-42)74-62(97)40(2)82-35-53(76-77-82)47(19-20-56(86)87)70-55(85)36-78-21-23-79(37-58(90)91)25-27-81(39-60(94)95)28-26-80(24-22-78)38-59(92)93/h5-12,14-18,33,35,40,47-52,68,83H,3-4,13,19-32,34,36-39H2,1-2H3,(H2,67,96)(H,69,98)(H,70,85)(H,71,84)(H,72,100)(H,73,101)(H,74,97)(H,75,99)(H,86,87)(H,88,89)(H,90,91)(H,92,93)(H,94,95)/t40-,47+,48-,49-,50-,51-,52-/m0/s1. The van der Waals surface area contributed by atoms with Crippen LogP contribution in [0.1, 0.15) is 86.8 Å². The highest BCUT2D eigenvalue weighted by Crippen LogP contribution is 2.22. The lowest BCUT2D eigenvalue weighted by atomic mass is 10.0. The van der Waals surface area contributed by atoms with Gasteiger partial charge in [-0.2, -0.15) is 0 Å². The maximum atomic E-state index is 14.6. The zero-order valence-corrected chi connectivity index (χ0v) is 56.0. The highest BCUT2D eigenvalue weighted by molar-refractivity contribution is 5.98. The summed E-state index contributed by atoms with van der Waals surface area (Å²) in [6, 6.07) is 11.5. The first-order chi connectivity index (χ1) is 48.1. The normalized spacial score (nSPS) is 15.6. The molecule has 1 aliphatic heterocycles. The topological polar surface area (TPSA) is 513 Å². The van der Waals surface area contributed by atoms with Crippen LogP contribution in [0.5, 0.6) is 5.75 Å². The number of carboxylic acid groups (broad SMARTS) is 5. The van der Waals surface area contributed by atoms with Crippen molar-refractivity contribution < 1.29 is 93.0 Å². The summed E-state index contributed by atoms with van der Waals surface area (Å²) >= 11 is 0. The summed E-state index contributed by atoms with van der Waals surface area (Å²) in [6.45, 7) is 1.91. The molecule has 0 saturated carbocycles. The van der Waals surface area contributed by atoms with Gasteiger partial charge >= 0.3 is 29.8 Å². The average Bonchev–Trinajstić information content (AvgIpc) is 1.73. The highest BCUT2D eigenvalue weighted by atomic mass is 16.4. The van der Waals surface area contributed by atoms with Crippen LogP contribution in [0, 0.1) is 0 Å². The number of aromatic hydroxyl groups is 1. The van der Waals surface area contributed by atoms with Crippen molar-refractivity contribution in [2.45, 2.75) is 114 Å². The lowest BCUT2D eigenvalue weighted by molar-refractivity contribution is -0.141. The van der Waals surface area contributed by atoms with Crippen molar-refractivity contribution in [1.29, 1.82) is 0 Å². The number of rotatable bonds is 38. The van der Waals surface area contributed by atoms with Gasteiger partial charge in [-0.15, -0.1) is 5.10 Å². The lowest BCUT2D eigenvalue weighted by Crippen LogP contribution is -2.59. The van der Waals surface area contributed by atoms with Gasteiger partial charge in [0.1, 0.15) is 47.7 Å². The third-order valence-electron chi connectivity index (χ3n) is 16.6. The number of aromatic nitrogens is 4. The molecule has 1 fully saturated rings. The molecule has 0 bridgehead atoms. The quantitative estimate of drug-likeness (QED) is 0.0202. The summed E-state index contributed by atoms with van der Waals surface area (Å²) in [5, 5.41) is 85.5. The van der Waals surface area contributed by atoms with E-state index in [9.17, 15) is 93.0 Å². The van der Waals surface area contributed by atoms with Gasteiger partial charge in [-0.25, -0.2) is 4.68 Å². The summed E-state index contributed by atoms with van der Waals surface area (Å²) in [7, 11) is 0. The van der Waals surface area contributed by atoms with Gasteiger partial charge in [-0.3, -0.25) is 81.9 Å². The van der Waals surface area contributed by atoms with Crippen LogP contribution in [-0.2, 0) is 81.6 Å². The number of unbranched alkanes of at least 4 members (excludes halogenated alkanes) is 1. The van der Waals surface area contributed by atoms with Crippen molar-refractivity contribution in [2.24, 2.45) is 5.73 Å². The van der Waals surface area contributed by atoms with Gasteiger partial charge in [0.15, 0.2) is 0 Å². The SMILES string of the molecule is CCCC[C@H](NC(=O)[C@H](Cc1c[nH]c2ccccc12)NC(=O)CNC(=O)[C@H](Cc1ccc(O)cc1)NC(=O)[C@H](C)n1cc([C@@H](CCC(=O)O)NC(=O)CN2CCN(CC(=O)O)CCN(CC(=O)O)CCN(CC(=O)O)CC2)nn1)C(=O)N[C@@H](CC(=O)O)C(=O)N[C@@H](Cc1ccccc1)C(N)=O. The summed E-state index contributed by atoms with van der Waals surface area (Å²) in [5.74, 6) is -13.3. The number of benzene rings is 3. The number of carbonyl (C=O) groups is 13. The number of carboxylic acids is 5. The second-order valence-electron chi connectivity index (χ2n) is 24.5. The number of aliphatic carboxylic acids is 5. The predicted octanol–water partition coefficient (Wildman–Crippen LogP) is -2.06. The van der Waals surface area contributed by atoms with E-state index in [0.717, 1.165) is 4.68 Å². The Bertz CT molecular complexity index is 3650. The van der Waals surface area contributed by atoms with Gasteiger partial charge in [-0.1, -0.05) is 85.6 Å². The second kappa shape index (κ2) is 39.6. The van der Waals surface area contributed by atoms with Gasteiger partial charge < -0.3 is 78.6 Å². The number of nitrogens with zero attached hydrogens (tertiary/aromatic N) is 7. The van der Waals surface area contributed by atoms with Gasteiger partial charge in [0.2, 0.25) is 47.3 Å². The molecule has 0 aliphatic carbocycles. The summed E-state index contributed by atoms with van der Waals surface area (Å²) in [5.41, 5.74) is 7.95. The Labute approximate surface area is 579 Å². The molecule has 3 heterocycles. The molecule has 7 atom stereocenters. The first-order valence-corrected chi connectivity index (χ1v) is 32.8. The number of phenols is 1. The van der Waals surface area contributed by atoms with E-state index in [-0.39, 0.29) is 109 Å². The molecule has 1 aliphatic rings. The molecular formula is C66H88N16O19. The van der Waals surface area contributed by atoms with Gasteiger partial charge in [-0.05, 0) is 54.7 Å².